The zero-order valence-electron chi connectivity index (χ0n) is 10.1. The van der Waals surface area contributed by atoms with E-state index >= 15 is 0 Å². The molecule has 0 bridgehead atoms. The van der Waals surface area contributed by atoms with Crippen molar-refractivity contribution in [3.8, 4) is 0 Å². The molecule has 1 heterocycles. The Morgan fingerprint density at radius 3 is 2.72 bits per heavy atom. The van der Waals surface area contributed by atoms with Gasteiger partial charge in [0.1, 0.15) is 4.47 Å². The molecule has 0 saturated heterocycles. The molecule has 18 heavy (non-hydrogen) atoms. The maximum Gasteiger partial charge on any atom is 0.269 e. The second-order valence-electron chi connectivity index (χ2n) is 4.20. The van der Waals surface area contributed by atoms with E-state index in [9.17, 15) is 4.79 Å². The van der Waals surface area contributed by atoms with Gasteiger partial charge >= 0.3 is 0 Å². The quantitative estimate of drug-likeness (QED) is 0.793. The molecule has 0 aliphatic carbocycles. The average molecular weight is 328 g/mol. The molecule has 0 fully saturated rings. The third-order valence-corrected chi connectivity index (χ3v) is 4.09. The highest BCUT2D eigenvalue weighted by Gasteiger charge is 2.07. The smallest absolute Gasteiger partial charge is 0.269 e. The van der Waals surface area contributed by atoms with Gasteiger partial charge in [-0.15, -0.1) is 0 Å². The van der Waals surface area contributed by atoms with Crippen molar-refractivity contribution in [2.24, 2.45) is 0 Å². The van der Waals surface area contributed by atoms with Crippen LogP contribution in [-0.2, 0) is 6.54 Å². The van der Waals surface area contributed by atoms with E-state index in [1.54, 1.807) is 0 Å². The van der Waals surface area contributed by atoms with E-state index < -0.39 is 0 Å². The first kappa shape index (κ1) is 13.3. The van der Waals surface area contributed by atoms with Crippen molar-refractivity contribution in [2.75, 3.05) is 0 Å². The molecule has 0 unspecified atom stereocenters. The standard InChI is InChI=1S/C13H12BrClN2O/c1-8-3-4-10(5-9(8)2)6-17-7-16-12(15)11(14)13(17)18/h3-5,7H,6H2,1-2H3. The van der Waals surface area contributed by atoms with Crippen molar-refractivity contribution in [1.82, 2.24) is 9.55 Å². The summed E-state index contributed by atoms with van der Waals surface area (Å²) in [6, 6.07) is 6.13. The van der Waals surface area contributed by atoms with Crippen LogP contribution in [0.5, 0.6) is 0 Å². The molecule has 0 atom stereocenters. The van der Waals surface area contributed by atoms with Crippen molar-refractivity contribution in [2.45, 2.75) is 20.4 Å². The van der Waals surface area contributed by atoms with Crippen LogP contribution in [-0.4, -0.2) is 9.55 Å². The lowest BCUT2D eigenvalue weighted by atomic mass is 10.1. The van der Waals surface area contributed by atoms with Gasteiger partial charge in [0.25, 0.3) is 5.56 Å². The molecule has 5 heteroatoms. The summed E-state index contributed by atoms with van der Waals surface area (Å²) in [5.74, 6) is 0. The normalized spacial score (nSPS) is 10.7. The summed E-state index contributed by atoms with van der Waals surface area (Å²) in [7, 11) is 0. The molecule has 0 aliphatic rings. The van der Waals surface area contributed by atoms with Crippen LogP contribution in [0, 0.1) is 13.8 Å². The fraction of sp³-hybridized carbons (Fsp3) is 0.231. The summed E-state index contributed by atoms with van der Waals surface area (Å²) in [6.07, 6.45) is 1.46. The van der Waals surface area contributed by atoms with Gasteiger partial charge in [-0.05, 0) is 46.5 Å². The van der Waals surface area contributed by atoms with Gasteiger partial charge in [0, 0.05) is 0 Å². The number of nitrogens with zero attached hydrogens (tertiary/aromatic N) is 2. The third-order valence-electron chi connectivity index (χ3n) is 2.86. The van der Waals surface area contributed by atoms with E-state index in [1.807, 2.05) is 12.1 Å². The Morgan fingerprint density at radius 2 is 2.06 bits per heavy atom. The SMILES string of the molecule is Cc1ccc(Cn2cnc(Cl)c(Br)c2=O)cc1C. The van der Waals surface area contributed by atoms with Gasteiger partial charge in [-0.1, -0.05) is 29.8 Å². The number of rotatable bonds is 2. The van der Waals surface area contributed by atoms with Gasteiger partial charge in [0.15, 0.2) is 5.15 Å². The Kier molecular flexibility index (Phi) is 3.88. The van der Waals surface area contributed by atoms with Crippen LogP contribution in [0.2, 0.25) is 5.15 Å². The van der Waals surface area contributed by atoms with E-state index in [1.165, 1.54) is 22.0 Å². The molecule has 0 radical (unpaired) electrons. The van der Waals surface area contributed by atoms with E-state index in [2.05, 4.69) is 40.8 Å². The third kappa shape index (κ3) is 2.65. The van der Waals surface area contributed by atoms with E-state index in [-0.39, 0.29) is 10.7 Å². The molecular formula is C13H12BrClN2O. The van der Waals surface area contributed by atoms with Crippen LogP contribution in [0.3, 0.4) is 0 Å². The first-order valence-electron chi connectivity index (χ1n) is 5.45. The molecule has 0 saturated carbocycles. The van der Waals surface area contributed by atoms with Crippen LogP contribution in [0.25, 0.3) is 0 Å². The topological polar surface area (TPSA) is 34.9 Å². The number of benzene rings is 1. The number of hydrogen-bond acceptors (Lipinski definition) is 2. The Labute approximate surface area is 119 Å². The zero-order valence-corrected chi connectivity index (χ0v) is 12.4. The van der Waals surface area contributed by atoms with Gasteiger partial charge in [-0.2, -0.15) is 0 Å². The first-order valence-corrected chi connectivity index (χ1v) is 6.62. The monoisotopic (exact) mass is 326 g/mol. The van der Waals surface area contributed by atoms with Crippen LogP contribution < -0.4 is 5.56 Å². The second-order valence-corrected chi connectivity index (χ2v) is 5.35. The molecule has 0 aliphatic heterocycles. The number of aryl methyl sites for hydroxylation is 2. The largest absolute Gasteiger partial charge is 0.294 e. The summed E-state index contributed by atoms with van der Waals surface area (Å²) < 4.78 is 1.83. The Balaban J connectivity index is 2.37. The minimum absolute atomic E-state index is 0.173. The van der Waals surface area contributed by atoms with Crippen LogP contribution in [0.4, 0.5) is 0 Å². The van der Waals surface area contributed by atoms with Crippen LogP contribution in [0.1, 0.15) is 16.7 Å². The molecule has 0 spiro atoms. The van der Waals surface area contributed by atoms with Gasteiger partial charge < -0.3 is 0 Å². The number of halogens is 2. The minimum atomic E-state index is -0.173. The summed E-state index contributed by atoms with van der Waals surface area (Å²) in [5, 5.41) is 0.191. The van der Waals surface area contributed by atoms with Crippen LogP contribution in [0.15, 0.2) is 33.8 Å². The number of aromatic nitrogens is 2. The maximum absolute atomic E-state index is 11.9. The number of hydrogen-bond donors (Lipinski definition) is 0. The molecule has 0 N–H and O–H groups in total. The maximum atomic E-state index is 11.9. The summed E-state index contributed by atoms with van der Waals surface area (Å²) >= 11 is 8.91. The molecule has 94 valence electrons. The van der Waals surface area contributed by atoms with Gasteiger partial charge in [-0.3, -0.25) is 9.36 Å². The van der Waals surface area contributed by atoms with Crippen molar-refractivity contribution in [3.63, 3.8) is 0 Å². The van der Waals surface area contributed by atoms with E-state index in [4.69, 9.17) is 11.6 Å². The molecule has 3 nitrogen and oxygen atoms in total. The lowest BCUT2D eigenvalue weighted by molar-refractivity contribution is 0.730. The summed E-state index contributed by atoms with van der Waals surface area (Å²) in [6.45, 7) is 4.60. The van der Waals surface area contributed by atoms with Crippen molar-refractivity contribution in [3.05, 3.63) is 61.2 Å². The zero-order chi connectivity index (χ0) is 13.3. The molecule has 0 amide bonds. The second kappa shape index (κ2) is 5.24. The highest BCUT2D eigenvalue weighted by Crippen LogP contribution is 2.15. The fourth-order valence-electron chi connectivity index (χ4n) is 1.66. The Morgan fingerprint density at radius 1 is 1.33 bits per heavy atom. The highest BCUT2D eigenvalue weighted by molar-refractivity contribution is 9.10. The Bertz CT molecular complexity index is 652. The minimum Gasteiger partial charge on any atom is -0.294 e. The molecule has 1 aromatic heterocycles. The summed E-state index contributed by atoms with van der Waals surface area (Å²) in [4.78, 5) is 15.9. The first-order chi connectivity index (χ1) is 8.49. The van der Waals surface area contributed by atoms with Gasteiger partial charge in [0.05, 0.1) is 12.9 Å². The summed E-state index contributed by atoms with van der Waals surface area (Å²) in [5.41, 5.74) is 3.34. The van der Waals surface area contributed by atoms with Gasteiger partial charge in [0.2, 0.25) is 0 Å². The molecular weight excluding hydrogens is 316 g/mol. The molecule has 2 rings (SSSR count). The predicted molar refractivity (Wildman–Crippen MR) is 76.2 cm³/mol. The van der Waals surface area contributed by atoms with Gasteiger partial charge in [-0.25, -0.2) is 4.98 Å². The average Bonchev–Trinajstić information content (AvgIpc) is 2.34. The van der Waals surface area contributed by atoms with Crippen molar-refractivity contribution in [1.29, 1.82) is 0 Å². The van der Waals surface area contributed by atoms with Crippen molar-refractivity contribution < 1.29 is 0 Å². The Hall–Kier alpha value is -1.13. The molecule has 1 aromatic carbocycles. The molecule has 2 aromatic rings. The highest BCUT2D eigenvalue weighted by atomic mass is 79.9. The lowest BCUT2D eigenvalue weighted by Crippen LogP contribution is -2.21. The van der Waals surface area contributed by atoms with Crippen molar-refractivity contribution >= 4 is 27.5 Å². The van der Waals surface area contributed by atoms with E-state index in [0.717, 1.165) is 5.56 Å². The predicted octanol–water partition coefficient (Wildman–Crippen LogP) is 3.32. The fourth-order valence-corrected chi connectivity index (χ4v) is 2.11. The van der Waals surface area contributed by atoms with Crippen LogP contribution >= 0.6 is 27.5 Å². The lowest BCUT2D eigenvalue weighted by Gasteiger charge is -2.08. The van der Waals surface area contributed by atoms with E-state index in [0.29, 0.717) is 11.0 Å².